The number of hydrogen-bond acceptors (Lipinski definition) is 7. The Labute approximate surface area is 219 Å². The number of aryl methyl sites for hydroxylation is 1. The van der Waals surface area contributed by atoms with E-state index in [4.69, 9.17) is 21.1 Å². The van der Waals surface area contributed by atoms with Crippen molar-refractivity contribution < 1.29 is 9.32 Å². The van der Waals surface area contributed by atoms with E-state index in [0.717, 1.165) is 23.6 Å². The van der Waals surface area contributed by atoms with Crippen molar-refractivity contribution in [3.05, 3.63) is 67.6 Å². The number of allylic oxidation sites excluding steroid dienone is 1. The highest BCUT2D eigenvalue weighted by Crippen LogP contribution is 2.29. The van der Waals surface area contributed by atoms with Crippen molar-refractivity contribution in [1.29, 1.82) is 0 Å². The Balaban J connectivity index is 1.61. The van der Waals surface area contributed by atoms with Gasteiger partial charge in [-0.1, -0.05) is 41.9 Å². The number of carbonyl (C=O) groups excluding carboxylic acids is 1. The molecule has 1 saturated heterocycles. The van der Waals surface area contributed by atoms with Gasteiger partial charge in [0.05, 0.1) is 0 Å². The second-order valence-electron chi connectivity index (χ2n) is 9.29. The molecule has 3 aromatic rings. The van der Waals surface area contributed by atoms with E-state index in [-0.39, 0.29) is 17.5 Å². The summed E-state index contributed by atoms with van der Waals surface area (Å²) in [6.45, 7) is 6.86. The molecule has 0 saturated carbocycles. The van der Waals surface area contributed by atoms with Gasteiger partial charge >= 0.3 is 0 Å². The lowest BCUT2D eigenvalue weighted by Crippen LogP contribution is -2.44. The van der Waals surface area contributed by atoms with Crippen LogP contribution in [0.15, 0.2) is 50.0 Å². The van der Waals surface area contributed by atoms with Gasteiger partial charge in [0.15, 0.2) is 0 Å². The summed E-state index contributed by atoms with van der Waals surface area (Å²) < 4.78 is 6.74. The van der Waals surface area contributed by atoms with E-state index in [2.05, 4.69) is 28.5 Å². The van der Waals surface area contributed by atoms with Gasteiger partial charge < -0.3 is 14.7 Å². The molecule has 4 heterocycles. The molecule has 1 unspecified atom stereocenters. The number of likely N-dealkylation sites (tertiary alicyclic amines) is 1. The minimum absolute atomic E-state index is 0.0592. The first kappa shape index (κ1) is 25.0. The summed E-state index contributed by atoms with van der Waals surface area (Å²) in [5.74, 6) is 1.64. The van der Waals surface area contributed by atoms with Crippen molar-refractivity contribution in [3.8, 4) is 22.5 Å². The number of aromatic nitrogens is 3. The van der Waals surface area contributed by atoms with Gasteiger partial charge in [-0.25, -0.2) is 4.99 Å². The fourth-order valence-electron chi connectivity index (χ4n) is 4.81. The number of halogens is 1. The number of carbonyl (C=O) groups is 1. The molecule has 0 aliphatic carbocycles. The van der Waals surface area contributed by atoms with Crippen LogP contribution in [-0.4, -0.2) is 45.1 Å². The highest BCUT2D eigenvalue weighted by molar-refractivity contribution is 6.33. The van der Waals surface area contributed by atoms with Gasteiger partial charge in [-0.3, -0.25) is 14.2 Å². The minimum atomic E-state index is -0.312. The molecule has 192 valence electrons. The van der Waals surface area contributed by atoms with E-state index in [1.807, 2.05) is 32.2 Å². The van der Waals surface area contributed by atoms with Crippen molar-refractivity contribution in [3.63, 3.8) is 0 Å². The van der Waals surface area contributed by atoms with Gasteiger partial charge in [0.25, 0.3) is 5.56 Å². The Bertz CT molecular complexity index is 1600. The van der Waals surface area contributed by atoms with Crippen LogP contribution in [-0.2, 0) is 11.3 Å². The molecule has 2 aromatic heterocycles. The fraction of sp³-hybridized carbons (Fsp3) is 0.370. The largest absolute Gasteiger partial charge is 0.358 e. The molecule has 0 radical (unpaired) electrons. The summed E-state index contributed by atoms with van der Waals surface area (Å²) >= 11 is 6.67. The van der Waals surface area contributed by atoms with Crippen molar-refractivity contribution in [2.75, 3.05) is 13.6 Å². The highest BCUT2D eigenvalue weighted by Gasteiger charge is 2.30. The second kappa shape index (κ2) is 9.97. The maximum atomic E-state index is 13.7. The first-order valence-corrected chi connectivity index (χ1v) is 12.8. The number of likely N-dealkylation sites (N-methyl/N-ethyl adjacent to an activating group) is 1. The Kier molecular flexibility index (Phi) is 6.72. The lowest BCUT2D eigenvalue weighted by Gasteiger charge is -2.16. The van der Waals surface area contributed by atoms with Gasteiger partial charge in [-0.05, 0) is 43.9 Å². The van der Waals surface area contributed by atoms with Crippen molar-refractivity contribution in [2.45, 2.75) is 52.6 Å². The van der Waals surface area contributed by atoms with E-state index in [9.17, 15) is 9.59 Å². The van der Waals surface area contributed by atoms with Crippen LogP contribution < -0.4 is 21.6 Å². The SMILES string of the molecule is CCC1=C(NC2CCN(C)C2=O)N=c2c(cc(-c3ccc(-c4noc(C)n4)cc3Cl)c(=O)n2CC)=CC1. The van der Waals surface area contributed by atoms with Gasteiger partial charge in [0.1, 0.15) is 17.4 Å². The van der Waals surface area contributed by atoms with Crippen LogP contribution in [0.25, 0.3) is 28.6 Å². The molecule has 1 fully saturated rings. The molecule has 9 nitrogen and oxygen atoms in total. The average Bonchev–Trinajstić information content (AvgIpc) is 3.40. The maximum Gasteiger partial charge on any atom is 0.260 e. The third-order valence-electron chi connectivity index (χ3n) is 6.94. The average molecular weight is 521 g/mol. The van der Waals surface area contributed by atoms with Gasteiger partial charge in [0.2, 0.25) is 17.6 Å². The van der Waals surface area contributed by atoms with Crippen LogP contribution in [0.1, 0.15) is 39.0 Å². The van der Waals surface area contributed by atoms with E-state index < -0.39 is 0 Å². The number of hydrogen-bond donors (Lipinski definition) is 1. The van der Waals surface area contributed by atoms with Crippen LogP contribution in [0.4, 0.5) is 0 Å². The van der Waals surface area contributed by atoms with Gasteiger partial charge in [0, 0.05) is 54.0 Å². The molecular formula is C27H29ClN6O3. The first-order valence-electron chi connectivity index (χ1n) is 12.5. The van der Waals surface area contributed by atoms with Crippen LogP contribution >= 0.6 is 11.6 Å². The van der Waals surface area contributed by atoms with Crippen molar-refractivity contribution >= 4 is 23.6 Å². The molecule has 1 N–H and O–H groups in total. The summed E-state index contributed by atoms with van der Waals surface area (Å²) in [6, 6.07) is 6.93. The first-order chi connectivity index (χ1) is 17.8. The number of benzene rings is 1. The van der Waals surface area contributed by atoms with Crippen LogP contribution in [0.5, 0.6) is 0 Å². The molecule has 1 atom stereocenters. The molecule has 1 amide bonds. The molecule has 1 aromatic carbocycles. The lowest BCUT2D eigenvalue weighted by molar-refractivity contribution is -0.128. The zero-order valence-electron chi connectivity index (χ0n) is 21.3. The standard InChI is InChI=1S/C27H29ClN6O3/c1-5-16-7-8-18-13-20(19-10-9-17(14-21(19)28)24-29-15(3)37-32-24)26(35)34(6-2)25(18)31-23(16)30-22-11-12-33(4)27(22)36/h8-10,13-14,22,30H,5-7,11-12H2,1-4H3. The van der Waals surface area contributed by atoms with E-state index >= 15 is 0 Å². The molecule has 5 rings (SSSR count). The van der Waals surface area contributed by atoms with Gasteiger partial charge in [-0.2, -0.15) is 4.98 Å². The predicted molar refractivity (Wildman–Crippen MR) is 141 cm³/mol. The lowest BCUT2D eigenvalue weighted by atomic mass is 10.0. The molecular weight excluding hydrogens is 492 g/mol. The Morgan fingerprint density at radius 2 is 2.00 bits per heavy atom. The summed E-state index contributed by atoms with van der Waals surface area (Å²) in [4.78, 5) is 37.1. The molecule has 2 aliphatic heterocycles. The maximum absolute atomic E-state index is 13.7. The monoisotopic (exact) mass is 520 g/mol. The number of rotatable bonds is 6. The third-order valence-corrected chi connectivity index (χ3v) is 7.25. The van der Waals surface area contributed by atoms with Crippen LogP contribution in [0.3, 0.4) is 0 Å². The Morgan fingerprint density at radius 1 is 1.19 bits per heavy atom. The smallest absolute Gasteiger partial charge is 0.260 e. The highest BCUT2D eigenvalue weighted by atomic mass is 35.5. The normalized spacial score (nSPS) is 17.4. The van der Waals surface area contributed by atoms with Crippen LogP contribution in [0.2, 0.25) is 5.02 Å². The topological polar surface area (TPSA) is 106 Å². The summed E-state index contributed by atoms with van der Waals surface area (Å²) in [5.41, 5.74) is 3.32. The summed E-state index contributed by atoms with van der Waals surface area (Å²) in [6.07, 6.45) is 4.25. The van der Waals surface area contributed by atoms with Crippen molar-refractivity contribution in [2.24, 2.45) is 4.99 Å². The second-order valence-corrected chi connectivity index (χ2v) is 9.70. The molecule has 10 heteroatoms. The number of pyridine rings is 1. The number of amides is 1. The quantitative estimate of drug-likeness (QED) is 0.536. The predicted octanol–water partition coefficient (Wildman–Crippen LogP) is 2.79. The number of nitrogens with zero attached hydrogens (tertiary/aromatic N) is 5. The van der Waals surface area contributed by atoms with E-state index in [1.54, 1.807) is 22.5 Å². The van der Waals surface area contributed by atoms with Crippen molar-refractivity contribution in [1.82, 2.24) is 24.9 Å². The molecule has 0 spiro atoms. The Morgan fingerprint density at radius 3 is 2.62 bits per heavy atom. The molecule has 0 bridgehead atoms. The zero-order valence-corrected chi connectivity index (χ0v) is 22.1. The van der Waals surface area contributed by atoms with Crippen LogP contribution in [0, 0.1) is 6.92 Å². The molecule has 37 heavy (non-hydrogen) atoms. The van der Waals surface area contributed by atoms with Gasteiger partial charge in [-0.15, -0.1) is 0 Å². The number of fused-ring (bicyclic) bond motifs is 1. The minimum Gasteiger partial charge on any atom is -0.358 e. The summed E-state index contributed by atoms with van der Waals surface area (Å²) in [5, 5.41) is 8.59. The third kappa shape index (κ3) is 4.59. The Hall–Kier alpha value is -3.72. The molecule has 2 aliphatic rings. The fourth-order valence-corrected chi connectivity index (χ4v) is 5.09. The number of nitrogens with one attached hydrogen (secondary N) is 1. The summed E-state index contributed by atoms with van der Waals surface area (Å²) in [7, 11) is 1.81. The van der Waals surface area contributed by atoms with E-state index in [0.29, 0.717) is 64.2 Å². The van der Waals surface area contributed by atoms with E-state index in [1.165, 1.54) is 0 Å². The zero-order chi connectivity index (χ0) is 26.3.